The predicted molar refractivity (Wildman–Crippen MR) is 88.8 cm³/mol. The Morgan fingerprint density at radius 3 is 2.40 bits per heavy atom. The van der Waals surface area contributed by atoms with E-state index in [9.17, 15) is 0 Å². The van der Waals surface area contributed by atoms with E-state index in [1.54, 1.807) is 0 Å². The highest BCUT2D eigenvalue weighted by molar-refractivity contribution is 7.99. The zero-order chi connectivity index (χ0) is 15.0. The number of thioether (sulfide) groups is 1. The van der Waals surface area contributed by atoms with Crippen LogP contribution < -0.4 is 5.32 Å². The van der Waals surface area contributed by atoms with Crippen LogP contribution in [-0.4, -0.2) is 46.8 Å². The van der Waals surface area contributed by atoms with Crippen molar-refractivity contribution in [2.24, 2.45) is 0 Å². The summed E-state index contributed by atoms with van der Waals surface area (Å²) in [6.45, 7) is 14.9. The number of hydrogen-bond donors (Lipinski definition) is 1. The number of anilines is 1. The predicted octanol–water partition coefficient (Wildman–Crippen LogP) is 3.35. The first-order valence-corrected chi connectivity index (χ1v) is 8.55. The molecule has 0 aliphatic carbocycles. The first-order valence-electron chi connectivity index (χ1n) is 7.56. The molecule has 4 nitrogen and oxygen atoms in total. The Morgan fingerprint density at radius 2 is 1.80 bits per heavy atom. The van der Waals surface area contributed by atoms with E-state index >= 15 is 0 Å². The molecule has 0 bridgehead atoms. The molecule has 0 radical (unpaired) electrons. The third-order valence-electron chi connectivity index (χ3n) is 3.30. The van der Waals surface area contributed by atoms with Gasteiger partial charge >= 0.3 is 0 Å². The Kier molecular flexibility index (Phi) is 7.92. The second kappa shape index (κ2) is 9.19. The number of rotatable bonds is 9. The fourth-order valence-corrected chi connectivity index (χ4v) is 3.02. The van der Waals surface area contributed by atoms with E-state index in [2.05, 4.69) is 47.9 Å². The van der Waals surface area contributed by atoms with Crippen molar-refractivity contribution >= 4 is 17.6 Å². The molecule has 5 heteroatoms. The van der Waals surface area contributed by atoms with E-state index in [-0.39, 0.29) is 0 Å². The fourth-order valence-electron chi connectivity index (χ4n) is 1.97. The second-order valence-corrected chi connectivity index (χ2v) is 5.94. The zero-order valence-electron chi connectivity index (χ0n) is 13.5. The van der Waals surface area contributed by atoms with E-state index in [1.807, 2.05) is 18.7 Å². The molecule has 1 N–H and O–H groups in total. The van der Waals surface area contributed by atoms with Gasteiger partial charge < -0.3 is 10.2 Å². The lowest BCUT2D eigenvalue weighted by Crippen LogP contribution is -2.25. The normalized spacial score (nSPS) is 11.1. The van der Waals surface area contributed by atoms with E-state index in [0.29, 0.717) is 0 Å². The molecule has 114 valence electrons. The van der Waals surface area contributed by atoms with Crippen LogP contribution in [-0.2, 0) is 0 Å². The summed E-state index contributed by atoms with van der Waals surface area (Å²) in [6, 6.07) is 0. The lowest BCUT2D eigenvalue weighted by molar-refractivity contribution is 0.324. The molecule has 0 aromatic carbocycles. The van der Waals surface area contributed by atoms with Gasteiger partial charge in [-0.25, -0.2) is 9.97 Å². The summed E-state index contributed by atoms with van der Waals surface area (Å²) in [6.07, 6.45) is 1.10. The van der Waals surface area contributed by atoms with Crippen molar-refractivity contribution in [3.63, 3.8) is 0 Å². The molecular formula is C15H28N4S. The lowest BCUT2D eigenvalue weighted by atomic mass is 10.3. The van der Waals surface area contributed by atoms with Crippen molar-refractivity contribution in [3.05, 3.63) is 11.4 Å². The van der Waals surface area contributed by atoms with Gasteiger partial charge in [0.1, 0.15) is 16.7 Å². The smallest absolute Gasteiger partial charge is 0.133 e. The number of aryl methyl sites for hydroxylation is 1. The van der Waals surface area contributed by atoms with Gasteiger partial charge in [0.2, 0.25) is 0 Å². The number of nitrogens with one attached hydrogen (secondary N) is 1. The minimum atomic E-state index is 0.847. The standard InChI is InChI=1S/C15H28N4S/c1-6-9-16-14-12(4)15(18-13(5)17-14)20-11-10-19(7-2)8-3/h6-11H2,1-5H3,(H,16,17,18). The van der Waals surface area contributed by atoms with Gasteiger partial charge in [-0.3, -0.25) is 0 Å². The Morgan fingerprint density at radius 1 is 1.10 bits per heavy atom. The molecule has 0 saturated heterocycles. The highest BCUT2D eigenvalue weighted by atomic mass is 32.2. The molecule has 0 aliphatic heterocycles. The number of hydrogen-bond acceptors (Lipinski definition) is 5. The van der Waals surface area contributed by atoms with E-state index in [0.717, 1.165) is 55.0 Å². The minimum absolute atomic E-state index is 0.847. The first kappa shape index (κ1) is 17.2. The third kappa shape index (κ3) is 5.29. The van der Waals surface area contributed by atoms with Crippen LogP contribution in [0.3, 0.4) is 0 Å². The SMILES string of the molecule is CCCNc1nc(C)nc(SCCN(CC)CC)c1C. The highest BCUT2D eigenvalue weighted by Crippen LogP contribution is 2.25. The topological polar surface area (TPSA) is 41.1 Å². The Balaban J connectivity index is 2.67. The van der Waals surface area contributed by atoms with Crippen molar-refractivity contribution < 1.29 is 0 Å². The Bertz CT molecular complexity index is 405. The van der Waals surface area contributed by atoms with Crippen LogP contribution in [0.25, 0.3) is 0 Å². The van der Waals surface area contributed by atoms with Gasteiger partial charge in [0.15, 0.2) is 0 Å². The van der Waals surface area contributed by atoms with Crippen molar-refractivity contribution in [2.75, 3.05) is 37.2 Å². The molecule has 0 fully saturated rings. The number of aromatic nitrogens is 2. The van der Waals surface area contributed by atoms with E-state index < -0.39 is 0 Å². The monoisotopic (exact) mass is 296 g/mol. The summed E-state index contributed by atoms with van der Waals surface area (Å²) in [5, 5.41) is 4.50. The van der Waals surface area contributed by atoms with Gasteiger partial charge in [0, 0.05) is 24.4 Å². The average Bonchev–Trinajstić information content (AvgIpc) is 2.45. The first-order chi connectivity index (χ1) is 9.62. The molecule has 1 aromatic rings. The molecule has 0 unspecified atom stereocenters. The highest BCUT2D eigenvalue weighted by Gasteiger charge is 2.10. The molecule has 0 saturated carbocycles. The molecule has 0 spiro atoms. The van der Waals surface area contributed by atoms with Crippen molar-refractivity contribution in [3.8, 4) is 0 Å². The van der Waals surface area contributed by atoms with E-state index in [4.69, 9.17) is 0 Å². The van der Waals surface area contributed by atoms with Gasteiger partial charge in [-0.15, -0.1) is 11.8 Å². The average molecular weight is 296 g/mol. The Labute approximate surface area is 127 Å². The quantitative estimate of drug-likeness (QED) is 0.559. The van der Waals surface area contributed by atoms with Crippen LogP contribution in [0.5, 0.6) is 0 Å². The van der Waals surface area contributed by atoms with Crippen LogP contribution in [0.2, 0.25) is 0 Å². The minimum Gasteiger partial charge on any atom is -0.370 e. The summed E-state index contributed by atoms with van der Waals surface area (Å²) in [5.41, 5.74) is 1.17. The van der Waals surface area contributed by atoms with Crippen LogP contribution in [0, 0.1) is 13.8 Å². The molecule has 1 aromatic heterocycles. The van der Waals surface area contributed by atoms with Crippen LogP contribution in [0.15, 0.2) is 5.03 Å². The molecular weight excluding hydrogens is 268 g/mol. The molecule has 0 atom stereocenters. The summed E-state index contributed by atoms with van der Waals surface area (Å²) in [5.74, 6) is 2.91. The second-order valence-electron chi connectivity index (χ2n) is 4.85. The molecule has 0 amide bonds. The molecule has 1 heterocycles. The zero-order valence-corrected chi connectivity index (χ0v) is 14.3. The van der Waals surface area contributed by atoms with Gasteiger partial charge in [0.25, 0.3) is 0 Å². The maximum absolute atomic E-state index is 4.58. The number of nitrogens with zero attached hydrogens (tertiary/aromatic N) is 3. The van der Waals surface area contributed by atoms with Crippen molar-refractivity contribution in [1.29, 1.82) is 0 Å². The third-order valence-corrected chi connectivity index (χ3v) is 4.35. The van der Waals surface area contributed by atoms with Gasteiger partial charge in [-0.05, 0) is 33.4 Å². The van der Waals surface area contributed by atoms with Crippen LogP contribution in [0.1, 0.15) is 38.6 Å². The molecule has 0 aliphatic rings. The van der Waals surface area contributed by atoms with Crippen LogP contribution >= 0.6 is 11.8 Å². The van der Waals surface area contributed by atoms with Crippen LogP contribution in [0.4, 0.5) is 5.82 Å². The fraction of sp³-hybridized carbons (Fsp3) is 0.733. The molecule has 1 rings (SSSR count). The van der Waals surface area contributed by atoms with Gasteiger partial charge in [-0.2, -0.15) is 0 Å². The summed E-state index contributed by atoms with van der Waals surface area (Å²) in [7, 11) is 0. The van der Waals surface area contributed by atoms with E-state index in [1.165, 1.54) is 5.56 Å². The maximum atomic E-state index is 4.58. The van der Waals surface area contributed by atoms with Gasteiger partial charge in [0.05, 0.1) is 0 Å². The largest absolute Gasteiger partial charge is 0.370 e. The summed E-state index contributed by atoms with van der Waals surface area (Å²) >= 11 is 1.84. The molecule has 20 heavy (non-hydrogen) atoms. The lowest BCUT2D eigenvalue weighted by Gasteiger charge is -2.18. The maximum Gasteiger partial charge on any atom is 0.133 e. The summed E-state index contributed by atoms with van der Waals surface area (Å²) in [4.78, 5) is 11.5. The Hall–Kier alpha value is -0.810. The van der Waals surface area contributed by atoms with Gasteiger partial charge in [-0.1, -0.05) is 20.8 Å². The summed E-state index contributed by atoms with van der Waals surface area (Å²) < 4.78 is 0. The van der Waals surface area contributed by atoms with Crippen molar-refractivity contribution in [1.82, 2.24) is 14.9 Å². The van der Waals surface area contributed by atoms with Crippen molar-refractivity contribution in [2.45, 2.75) is 46.1 Å².